The Balaban J connectivity index is 1.64. The second-order valence-electron chi connectivity index (χ2n) is 7.57. The van der Waals surface area contributed by atoms with Crippen molar-refractivity contribution in [2.75, 3.05) is 13.2 Å². The fourth-order valence-electron chi connectivity index (χ4n) is 4.36. The average Bonchev–Trinajstić information content (AvgIpc) is 3.48. The number of H-pyrrole nitrogens is 1. The summed E-state index contributed by atoms with van der Waals surface area (Å²) < 4.78 is 5.77. The van der Waals surface area contributed by atoms with Crippen LogP contribution in [0, 0.1) is 10.1 Å². The molecular weight excluding hydrogens is 384 g/mol. The van der Waals surface area contributed by atoms with Gasteiger partial charge in [-0.2, -0.15) is 5.10 Å². The zero-order valence-electron chi connectivity index (χ0n) is 16.2. The molecule has 0 spiro atoms. The number of carbonyl (C=O) groups is 1. The molecule has 8 heteroatoms. The first kappa shape index (κ1) is 18.5. The molecule has 2 atom stereocenters. The van der Waals surface area contributed by atoms with Crippen LogP contribution in [-0.2, 0) is 4.74 Å². The van der Waals surface area contributed by atoms with E-state index in [1.807, 2.05) is 36.4 Å². The minimum atomic E-state index is -0.467. The fourth-order valence-corrected chi connectivity index (χ4v) is 4.36. The highest BCUT2D eigenvalue weighted by atomic mass is 16.6. The van der Waals surface area contributed by atoms with E-state index >= 15 is 0 Å². The highest BCUT2D eigenvalue weighted by Crippen LogP contribution is 2.43. The Bertz CT molecular complexity index is 1110. The molecule has 1 fully saturated rings. The third-order valence-corrected chi connectivity index (χ3v) is 5.73. The first-order chi connectivity index (χ1) is 14.6. The molecule has 152 valence electrons. The van der Waals surface area contributed by atoms with E-state index in [-0.39, 0.29) is 17.7 Å². The largest absolute Gasteiger partial charge is 0.376 e. The molecule has 2 unspecified atom stereocenters. The zero-order valence-corrected chi connectivity index (χ0v) is 16.2. The lowest BCUT2D eigenvalue weighted by molar-refractivity contribution is -0.384. The number of ether oxygens (including phenoxy) is 1. The van der Waals surface area contributed by atoms with E-state index in [2.05, 4.69) is 10.2 Å². The Morgan fingerprint density at radius 2 is 2.03 bits per heavy atom. The average molecular weight is 404 g/mol. The molecule has 0 saturated carbocycles. The van der Waals surface area contributed by atoms with Gasteiger partial charge < -0.3 is 9.64 Å². The molecule has 2 aromatic carbocycles. The summed E-state index contributed by atoms with van der Waals surface area (Å²) in [7, 11) is 0. The highest BCUT2D eigenvalue weighted by Gasteiger charge is 2.43. The van der Waals surface area contributed by atoms with E-state index in [4.69, 9.17) is 4.74 Å². The maximum atomic E-state index is 13.3. The molecule has 30 heavy (non-hydrogen) atoms. The van der Waals surface area contributed by atoms with Crippen LogP contribution in [0.4, 0.5) is 5.69 Å². The van der Waals surface area contributed by atoms with E-state index in [1.165, 1.54) is 12.1 Å². The van der Waals surface area contributed by atoms with Crippen molar-refractivity contribution in [2.45, 2.75) is 25.0 Å². The van der Waals surface area contributed by atoms with Gasteiger partial charge >= 0.3 is 0 Å². The summed E-state index contributed by atoms with van der Waals surface area (Å²) in [6.45, 7) is 1.12. The van der Waals surface area contributed by atoms with Crippen LogP contribution in [0.25, 0.3) is 11.3 Å². The lowest BCUT2D eigenvalue weighted by Crippen LogP contribution is -2.36. The lowest BCUT2D eigenvalue weighted by Gasteiger charge is -2.28. The van der Waals surface area contributed by atoms with Gasteiger partial charge in [0.15, 0.2) is 0 Å². The number of hydrogen-bond acceptors (Lipinski definition) is 5. The maximum absolute atomic E-state index is 13.3. The quantitative estimate of drug-likeness (QED) is 0.516. The topological polar surface area (TPSA) is 101 Å². The predicted molar refractivity (Wildman–Crippen MR) is 109 cm³/mol. The van der Waals surface area contributed by atoms with Gasteiger partial charge in [-0.05, 0) is 18.4 Å². The van der Waals surface area contributed by atoms with Gasteiger partial charge in [0.05, 0.1) is 22.8 Å². The van der Waals surface area contributed by atoms with Crippen LogP contribution in [0.2, 0.25) is 0 Å². The van der Waals surface area contributed by atoms with Gasteiger partial charge in [0.25, 0.3) is 11.6 Å². The molecular formula is C22H20N4O4. The van der Waals surface area contributed by atoms with E-state index in [9.17, 15) is 14.9 Å². The Labute approximate surface area is 172 Å². The van der Waals surface area contributed by atoms with Gasteiger partial charge in [-0.25, -0.2) is 0 Å². The summed E-state index contributed by atoms with van der Waals surface area (Å²) in [5, 5.41) is 18.7. The van der Waals surface area contributed by atoms with Crippen LogP contribution in [0.3, 0.4) is 0 Å². The van der Waals surface area contributed by atoms with Crippen molar-refractivity contribution < 1.29 is 14.5 Å². The predicted octanol–water partition coefficient (Wildman–Crippen LogP) is 3.71. The van der Waals surface area contributed by atoms with Crippen LogP contribution < -0.4 is 0 Å². The number of nitro benzene ring substituents is 1. The smallest absolute Gasteiger partial charge is 0.273 e. The van der Waals surface area contributed by atoms with Crippen LogP contribution in [0.1, 0.15) is 40.5 Å². The Kier molecular flexibility index (Phi) is 4.55. The second-order valence-corrected chi connectivity index (χ2v) is 7.57. The van der Waals surface area contributed by atoms with Crippen molar-refractivity contribution in [1.29, 1.82) is 0 Å². The third-order valence-electron chi connectivity index (χ3n) is 5.73. The summed E-state index contributed by atoms with van der Waals surface area (Å²) in [6, 6.07) is 15.6. The van der Waals surface area contributed by atoms with Gasteiger partial charge in [0.2, 0.25) is 0 Å². The number of rotatable bonds is 5. The van der Waals surface area contributed by atoms with Crippen LogP contribution >= 0.6 is 0 Å². The molecule has 0 radical (unpaired) electrons. The highest BCUT2D eigenvalue weighted by molar-refractivity contribution is 6.00. The minimum absolute atomic E-state index is 0.00442. The fraction of sp³-hybridized carbons (Fsp3) is 0.273. The molecule has 2 aliphatic heterocycles. The first-order valence-electron chi connectivity index (χ1n) is 9.94. The summed E-state index contributed by atoms with van der Waals surface area (Å²) >= 11 is 0. The molecule has 1 amide bonds. The van der Waals surface area contributed by atoms with Crippen molar-refractivity contribution in [1.82, 2.24) is 15.1 Å². The van der Waals surface area contributed by atoms with E-state index < -0.39 is 11.0 Å². The summed E-state index contributed by atoms with van der Waals surface area (Å²) in [5.74, 6) is -0.160. The first-order valence-corrected chi connectivity index (χ1v) is 9.94. The van der Waals surface area contributed by atoms with Crippen LogP contribution in [-0.4, -0.2) is 45.2 Å². The monoisotopic (exact) mass is 404 g/mol. The molecule has 3 aromatic rings. The van der Waals surface area contributed by atoms with E-state index in [1.54, 1.807) is 11.0 Å². The number of aromatic amines is 1. The molecule has 0 aliphatic carbocycles. The Hall–Kier alpha value is -3.52. The number of aromatic nitrogens is 2. The number of hydrogen-bond donors (Lipinski definition) is 1. The summed E-state index contributed by atoms with van der Waals surface area (Å²) in [6.07, 6.45) is 1.83. The van der Waals surface area contributed by atoms with Crippen LogP contribution in [0.5, 0.6) is 0 Å². The van der Waals surface area contributed by atoms with Gasteiger partial charge in [-0.3, -0.25) is 20.0 Å². The molecule has 2 aliphatic rings. The number of non-ortho nitro benzene ring substituents is 1. The number of carbonyl (C=O) groups excluding carboxylic acids is 1. The number of benzene rings is 2. The lowest BCUT2D eigenvalue weighted by atomic mass is 9.95. The number of nitrogens with zero attached hydrogens (tertiary/aromatic N) is 3. The van der Waals surface area contributed by atoms with Crippen molar-refractivity contribution in [2.24, 2.45) is 0 Å². The number of nitrogens with one attached hydrogen (secondary N) is 1. The molecule has 5 rings (SSSR count). The maximum Gasteiger partial charge on any atom is 0.273 e. The minimum Gasteiger partial charge on any atom is -0.376 e. The number of fused-ring (bicyclic) bond motifs is 1. The Morgan fingerprint density at radius 3 is 2.77 bits per heavy atom. The Morgan fingerprint density at radius 1 is 1.20 bits per heavy atom. The van der Waals surface area contributed by atoms with Crippen molar-refractivity contribution in [3.63, 3.8) is 0 Å². The molecule has 1 N–H and O–H groups in total. The van der Waals surface area contributed by atoms with Crippen molar-refractivity contribution in [3.8, 4) is 11.3 Å². The number of amides is 1. The molecule has 8 nitrogen and oxygen atoms in total. The van der Waals surface area contributed by atoms with Crippen molar-refractivity contribution >= 4 is 11.6 Å². The standard InChI is InChI=1S/C22H20N4O4/c27-22-20-18(19(23-24-20)14-6-2-1-3-7-14)21(25(22)13-17-10-5-11-30-17)15-8-4-9-16(12-15)26(28)29/h1-4,6-9,12,17,21H,5,10-11,13H2,(H,23,24). The molecule has 3 heterocycles. The molecule has 1 saturated heterocycles. The normalized spacial score (nSPS) is 20.5. The summed E-state index contributed by atoms with van der Waals surface area (Å²) in [4.78, 5) is 26.0. The molecule has 0 bridgehead atoms. The summed E-state index contributed by atoms with van der Waals surface area (Å²) in [5.41, 5.74) is 3.44. The van der Waals surface area contributed by atoms with Crippen LogP contribution in [0.15, 0.2) is 54.6 Å². The van der Waals surface area contributed by atoms with Gasteiger partial charge in [-0.15, -0.1) is 0 Å². The van der Waals surface area contributed by atoms with Gasteiger partial charge in [-0.1, -0.05) is 42.5 Å². The van der Waals surface area contributed by atoms with E-state index in [0.29, 0.717) is 30.1 Å². The van der Waals surface area contributed by atoms with Crippen molar-refractivity contribution in [3.05, 3.63) is 81.5 Å². The van der Waals surface area contributed by atoms with Gasteiger partial charge in [0.1, 0.15) is 5.69 Å². The number of nitro groups is 1. The third kappa shape index (κ3) is 3.05. The molecule has 1 aromatic heterocycles. The zero-order chi connectivity index (χ0) is 20.7. The van der Waals surface area contributed by atoms with Gasteiger partial charge in [0, 0.05) is 36.4 Å². The second kappa shape index (κ2) is 7.38. The van der Waals surface area contributed by atoms with E-state index in [0.717, 1.165) is 24.0 Å². The SMILES string of the molecule is O=C1c2[nH]nc(-c3ccccc3)c2C(c2cccc([N+](=O)[O-])c2)N1CC1CCCO1.